The average molecular weight is 367 g/mol. The van der Waals surface area contributed by atoms with Crippen LogP contribution in [0.1, 0.15) is 15.9 Å². The molecule has 26 heavy (non-hydrogen) atoms. The topological polar surface area (TPSA) is 66.8 Å². The van der Waals surface area contributed by atoms with Crippen LogP contribution in [-0.2, 0) is 6.42 Å². The van der Waals surface area contributed by atoms with Crippen molar-refractivity contribution in [2.24, 2.45) is 0 Å². The monoisotopic (exact) mass is 366 g/mol. The maximum atomic E-state index is 11.3. The van der Waals surface area contributed by atoms with Crippen molar-refractivity contribution in [2.45, 2.75) is 6.42 Å². The Kier molecular flexibility index (Phi) is 4.05. The van der Waals surface area contributed by atoms with Crippen molar-refractivity contribution in [3.05, 3.63) is 70.7 Å². The molecular formula is C21H15ClO4. The normalized spacial score (nSPS) is 12.5. The molecule has 0 fully saturated rings. The molecule has 130 valence electrons. The van der Waals surface area contributed by atoms with Gasteiger partial charge in [0, 0.05) is 17.0 Å². The summed E-state index contributed by atoms with van der Waals surface area (Å²) in [4.78, 5) is 11.3. The zero-order valence-corrected chi connectivity index (χ0v) is 14.5. The van der Waals surface area contributed by atoms with E-state index in [0.29, 0.717) is 17.2 Å². The molecule has 0 amide bonds. The number of carboxylic acid groups (broad SMARTS) is 1. The molecule has 4 rings (SSSR count). The van der Waals surface area contributed by atoms with Gasteiger partial charge in [0.25, 0.3) is 0 Å². The molecule has 4 nitrogen and oxygen atoms in total. The highest BCUT2D eigenvalue weighted by atomic mass is 35.5. The summed E-state index contributed by atoms with van der Waals surface area (Å²) in [6.07, 6.45) is 0.845. The van der Waals surface area contributed by atoms with Gasteiger partial charge in [-0.25, -0.2) is 4.79 Å². The van der Waals surface area contributed by atoms with Crippen LogP contribution >= 0.6 is 11.6 Å². The molecule has 5 heteroatoms. The number of carbonyl (C=O) groups is 1. The van der Waals surface area contributed by atoms with Gasteiger partial charge in [0.15, 0.2) is 0 Å². The van der Waals surface area contributed by atoms with E-state index < -0.39 is 5.97 Å². The summed E-state index contributed by atoms with van der Waals surface area (Å²) in [5.74, 6) is -0.318. The molecule has 0 aromatic heterocycles. The summed E-state index contributed by atoms with van der Waals surface area (Å²) in [7, 11) is 0. The summed E-state index contributed by atoms with van der Waals surface area (Å²) in [5.41, 5.74) is 4.22. The lowest BCUT2D eigenvalue weighted by molar-refractivity contribution is 0.0696. The molecule has 0 saturated heterocycles. The highest BCUT2D eigenvalue weighted by Crippen LogP contribution is 2.40. The number of phenolic OH excluding ortho intramolecular Hbond substituents is 1. The Morgan fingerprint density at radius 2 is 1.88 bits per heavy atom. The minimum absolute atomic E-state index is 0.0216. The van der Waals surface area contributed by atoms with Crippen LogP contribution in [0.2, 0.25) is 5.02 Å². The predicted octanol–water partition coefficient (Wildman–Crippen LogP) is 5.01. The summed E-state index contributed by atoms with van der Waals surface area (Å²) < 4.78 is 5.56. The van der Waals surface area contributed by atoms with E-state index in [-0.39, 0.29) is 11.3 Å². The van der Waals surface area contributed by atoms with E-state index in [1.54, 1.807) is 6.07 Å². The number of benzene rings is 3. The van der Waals surface area contributed by atoms with Gasteiger partial charge in [0.05, 0.1) is 12.2 Å². The van der Waals surface area contributed by atoms with E-state index in [1.807, 2.05) is 30.3 Å². The second kappa shape index (κ2) is 6.39. The fourth-order valence-electron chi connectivity index (χ4n) is 3.29. The Balaban J connectivity index is 1.92. The van der Waals surface area contributed by atoms with Gasteiger partial charge in [-0.3, -0.25) is 0 Å². The lowest BCUT2D eigenvalue weighted by Gasteiger charge is -2.14. The molecule has 0 aliphatic carbocycles. The number of aromatic hydroxyl groups is 1. The number of hydrogen-bond donors (Lipinski definition) is 2. The number of phenols is 1. The summed E-state index contributed by atoms with van der Waals surface area (Å²) in [5, 5.41) is 19.8. The molecule has 0 saturated carbocycles. The molecule has 1 aliphatic rings. The fraction of sp³-hybridized carbons (Fsp3) is 0.0952. The SMILES string of the molecule is O=C(O)c1cc(O)cc(-c2cccc(Cl)c2-c2ccc3c(c2)CCO3)c1. The van der Waals surface area contributed by atoms with Gasteiger partial charge in [-0.1, -0.05) is 29.8 Å². The van der Waals surface area contributed by atoms with Crippen molar-refractivity contribution in [3.63, 3.8) is 0 Å². The number of rotatable bonds is 3. The maximum absolute atomic E-state index is 11.3. The van der Waals surface area contributed by atoms with Gasteiger partial charge in [0.1, 0.15) is 11.5 Å². The second-order valence-corrected chi connectivity index (χ2v) is 6.56. The van der Waals surface area contributed by atoms with Gasteiger partial charge in [-0.05, 0) is 58.7 Å². The zero-order valence-electron chi connectivity index (χ0n) is 13.7. The first-order valence-corrected chi connectivity index (χ1v) is 8.53. The molecule has 3 aromatic rings. The van der Waals surface area contributed by atoms with E-state index in [2.05, 4.69) is 0 Å². The van der Waals surface area contributed by atoms with Crippen LogP contribution in [0.5, 0.6) is 11.5 Å². The first-order valence-electron chi connectivity index (χ1n) is 8.15. The zero-order chi connectivity index (χ0) is 18.3. The quantitative estimate of drug-likeness (QED) is 0.683. The minimum atomic E-state index is -1.10. The van der Waals surface area contributed by atoms with Crippen LogP contribution in [0.4, 0.5) is 0 Å². The predicted molar refractivity (Wildman–Crippen MR) is 100 cm³/mol. The number of aromatic carboxylic acids is 1. The van der Waals surface area contributed by atoms with Crippen molar-refractivity contribution in [1.29, 1.82) is 0 Å². The van der Waals surface area contributed by atoms with Gasteiger partial charge >= 0.3 is 5.97 Å². The Bertz CT molecular complexity index is 1030. The van der Waals surface area contributed by atoms with Crippen molar-refractivity contribution in [3.8, 4) is 33.8 Å². The highest BCUT2D eigenvalue weighted by Gasteiger charge is 2.18. The lowest BCUT2D eigenvalue weighted by atomic mass is 9.92. The van der Waals surface area contributed by atoms with Crippen molar-refractivity contribution in [2.75, 3.05) is 6.61 Å². The third kappa shape index (κ3) is 2.89. The van der Waals surface area contributed by atoms with Crippen LogP contribution in [0, 0.1) is 0 Å². The Morgan fingerprint density at radius 1 is 1.04 bits per heavy atom. The Morgan fingerprint density at radius 3 is 2.69 bits per heavy atom. The molecule has 0 radical (unpaired) electrons. The van der Waals surface area contributed by atoms with Crippen LogP contribution < -0.4 is 4.74 Å². The van der Waals surface area contributed by atoms with Crippen molar-refractivity contribution in [1.82, 2.24) is 0 Å². The molecule has 1 heterocycles. The number of carboxylic acids is 1. The average Bonchev–Trinajstić information content (AvgIpc) is 3.08. The molecule has 0 bridgehead atoms. The standard InChI is InChI=1S/C21H15ClO4/c22-18-3-1-2-17(14-9-15(21(24)25)11-16(23)10-14)20(18)13-4-5-19-12(8-13)6-7-26-19/h1-5,8-11,23H,6-7H2,(H,24,25). The van der Waals surface area contributed by atoms with Crippen LogP contribution in [-0.4, -0.2) is 22.8 Å². The van der Waals surface area contributed by atoms with E-state index in [0.717, 1.165) is 34.4 Å². The third-order valence-electron chi connectivity index (χ3n) is 4.47. The summed E-state index contributed by atoms with van der Waals surface area (Å²) in [6, 6.07) is 15.7. The highest BCUT2D eigenvalue weighted by molar-refractivity contribution is 6.34. The fourth-order valence-corrected chi connectivity index (χ4v) is 3.57. The van der Waals surface area contributed by atoms with Gasteiger partial charge in [0.2, 0.25) is 0 Å². The smallest absolute Gasteiger partial charge is 0.335 e. The molecule has 0 unspecified atom stereocenters. The molecule has 2 N–H and O–H groups in total. The second-order valence-electron chi connectivity index (χ2n) is 6.16. The molecule has 1 aliphatic heterocycles. The van der Waals surface area contributed by atoms with Gasteiger partial charge in [-0.2, -0.15) is 0 Å². The van der Waals surface area contributed by atoms with Gasteiger partial charge in [-0.15, -0.1) is 0 Å². The van der Waals surface area contributed by atoms with Crippen LogP contribution in [0.25, 0.3) is 22.3 Å². The van der Waals surface area contributed by atoms with E-state index in [4.69, 9.17) is 16.3 Å². The Labute approximate surface area is 155 Å². The van der Waals surface area contributed by atoms with E-state index in [9.17, 15) is 15.0 Å². The van der Waals surface area contributed by atoms with Crippen LogP contribution in [0.3, 0.4) is 0 Å². The maximum Gasteiger partial charge on any atom is 0.335 e. The third-order valence-corrected chi connectivity index (χ3v) is 4.78. The van der Waals surface area contributed by atoms with E-state index >= 15 is 0 Å². The molecule has 0 atom stereocenters. The first kappa shape index (κ1) is 16.5. The first-order chi connectivity index (χ1) is 12.5. The molecule has 0 spiro atoms. The molecular weight excluding hydrogens is 352 g/mol. The number of ether oxygens (including phenoxy) is 1. The lowest BCUT2D eigenvalue weighted by Crippen LogP contribution is -1.97. The van der Waals surface area contributed by atoms with Crippen LogP contribution in [0.15, 0.2) is 54.6 Å². The number of fused-ring (bicyclic) bond motifs is 1. The van der Waals surface area contributed by atoms with E-state index in [1.165, 1.54) is 18.2 Å². The van der Waals surface area contributed by atoms with Crippen molar-refractivity contribution < 1.29 is 19.7 Å². The summed E-state index contributed by atoms with van der Waals surface area (Å²) >= 11 is 6.50. The van der Waals surface area contributed by atoms with Gasteiger partial charge < -0.3 is 14.9 Å². The Hall–Kier alpha value is -2.98. The molecule has 3 aromatic carbocycles. The van der Waals surface area contributed by atoms with Crippen molar-refractivity contribution >= 4 is 17.6 Å². The summed E-state index contributed by atoms with van der Waals surface area (Å²) in [6.45, 7) is 0.669. The largest absolute Gasteiger partial charge is 0.508 e. The minimum Gasteiger partial charge on any atom is -0.508 e. The number of hydrogen-bond acceptors (Lipinski definition) is 3. The number of halogens is 1.